The Kier molecular flexibility index (Phi) is 8.10. The van der Waals surface area contributed by atoms with Crippen molar-refractivity contribution in [2.24, 2.45) is 0 Å². The van der Waals surface area contributed by atoms with E-state index in [2.05, 4.69) is 24.8 Å². The highest BCUT2D eigenvalue weighted by Gasteiger charge is 2.36. The molecule has 0 bridgehead atoms. The van der Waals surface area contributed by atoms with Gasteiger partial charge in [-0.25, -0.2) is 4.79 Å². The van der Waals surface area contributed by atoms with Gasteiger partial charge >= 0.3 is 6.09 Å². The van der Waals surface area contributed by atoms with E-state index < -0.39 is 5.60 Å². The molecular formula is C23H35N3O4. The van der Waals surface area contributed by atoms with Crippen LogP contribution in [0.2, 0.25) is 0 Å². The highest BCUT2D eigenvalue weighted by molar-refractivity contribution is 5.68. The van der Waals surface area contributed by atoms with Crippen LogP contribution in [0.25, 0.3) is 0 Å². The lowest BCUT2D eigenvalue weighted by Crippen LogP contribution is -2.59. The van der Waals surface area contributed by atoms with Crippen LogP contribution in [0, 0.1) is 11.3 Å². The number of benzene rings is 1. The average Bonchev–Trinajstić information content (AvgIpc) is 2.67. The summed E-state index contributed by atoms with van der Waals surface area (Å²) >= 11 is 0. The Bertz CT molecular complexity index is 769. The highest BCUT2D eigenvalue weighted by Crippen LogP contribution is 2.31. The maximum atomic E-state index is 12.6. The van der Waals surface area contributed by atoms with Gasteiger partial charge in [0.2, 0.25) is 0 Å². The first-order chi connectivity index (χ1) is 14.1. The molecule has 0 saturated carbocycles. The molecule has 1 aliphatic heterocycles. The molecule has 1 aromatic carbocycles. The molecule has 1 aromatic rings. The van der Waals surface area contributed by atoms with Crippen molar-refractivity contribution < 1.29 is 19.0 Å². The lowest BCUT2D eigenvalue weighted by molar-refractivity contribution is -0.0184. The van der Waals surface area contributed by atoms with Crippen LogP contribution < -0.4 is 4.74 Å². The van der Waals surface area contributed by atoms with Gasteiger partial charge in [-0.1, -0.05) is 6.07 Å². The van der Waals surface area contributed by atoms with Crippen LogP contribution in [0.15, 0.2) is 18.2 Å². The molecule has 30 heavy (non-hydrogen) atoms. The summed E-state index contributed by atoms with van der Waals surface area (Å²) in [7, 11) is 1.62. The standard InChI is InChI=1S/C23H35N3O4/c1-16-15-26(22(27)30-23(4,5)6)17(2)14-25(16)18(3)19-8-9-20(13-24)21(12-19)29-11-10-28-7/h8-9,12,16-18H,10-11,14-15H2,1-7H3/t16-,17+,18?/m1/s1. The molecule has 1 unspecified atom stereocenters. The predicted molar refractivity (Wildman–Crippen MR) is 116 cm³/mol. The second-order valence-electron chi connectivity index (χ2n) is 8.91. The minimum atomic E-state index is -0.508. The second kappa shape index (κ2) is 10.1. The summed E-state index contributed by atoms with van der Waals surface area (Å²) in [6, 6.07) is 8.22. The Morgan fingerprint density at radius 1 is 1.23 bits per heavy atom. The van der Waals surface area contributed by atoms with E-state index in [1.165, 1.54) is 0 Å². The molecule has 1 amide bonds. The summed E-state index contributed by atoms with van der Waals surface area (Å²) in [6.07, 6.45) is -0.263. The van der Waals surface area contributed by atoms with Crippen LogP contribution in [0.1, 0.15) is 58.7 Å². The first kappa shape index (κ1) is 24.0. The van der Waals surface area contributed by atoms with Gasteiger partial charge in [0.15, 0.2) is 0 Å². The van der Waals surface area contributed by atoms with Crippen molar-refractivity contribution in [1.82, 2.24) is 9.80 Å². The summed E-state index contributed by atoms with van der Waals surface area (Å²) in [4.78, 5) is 16.8. The minimum Gasteiger partial charge on any atom is -0.490 e. The fraction of sp³-hybridized carbons (Fsp3) is 0.652. The van der Waals surface area contributed by atoms with Crippen molar-refractivity contribution in [1.29, 1.82) is 5.26 Å². The summed E-state index contributed by atoms with van der Waals surface area (Å²) in [5.41, 5.74) is 1.08. The molecule has 2 rings (SSSR count). The molecule has 7 nitrogen and oxygen atoms in total. The Hall–Kier alpha value is -2.30. The van der Waals surface area contributed by atoms with Gasteiger partial charge in [0, 0.05) is 38.3 Å². The van der Waals surface area contributed by atoms with Gasteiger partial charge in [0.25, 0.3) is 0 Å². The van der Waals surface area contributed by atoms with E-state index in [0.717, 1.165) is 12.1 Å². The number of rotatable bonds is 6. The normalized spacial score (nSPS) is 21.1. The zero-order valence-electron chi connectivity index (χ0n) is 19.3. The fourth-order valence-electron chi connectivity index (χ4n) is 3.70. The molecular weight excluding hydrogens is 382 g/mol. The molecule has 0 radical (unpaired) electrons. The number of piperazine rings is 1. The summed E-state index contributed by atoms with van der Waals surface area (Å²) < 4.78 is 16.4. The summed E-state index contributed by atoms with van der Waals surface area (Å²) in [6.45, 7) is 14.2. The SMILES string of the molecule is COCCOc1cc(C(C)N2C[C@H](C)N(C(=O)OC(C)(C)C)C[C@H]2C)ccc1C#N. The number of nitrogens with zero attached hydrogens (tertiary/aromatic N) is 3. The first-order valence-electron chi connectivity index (χ1n) is 10.5. The van der Waals surface area contributed by atoms with Gasteiger partial charge in [-0.3, -0.25) is 4.90 Å². The fourth-order valence-corrected chi connectivity index (χ4v) is 3.70. The maximum Gasteiger partial charge on any atom is 0.410 e. The first-order valence-corrected chi connectivity index (χ1v) is 10.5. The van der Waals surface area contributed by atoms with Gasteiger partial charge < -0.3 is 19.1 Å². The van der Waals surface area contributed by atoms with E-state index in [0.29, 0.717) is 31.1 Å². The summed E-state index contributed by atoms with van der Waals surface area (Å²) in [5, 5.41) is 9.37. The lowest BCUT2D eigenvalue weighted by atomic mass is 9.99. The highest BCUT2D eigenvalue weighted by atomic mass is 16.6. The second-order valence-corrected chi connectivity index (χ2v) is 8.91. The third-order valence-electron chi connectivity index (χ3n) is 5.31. The van der Waals surface area contributed by atoms with Crippen molar-refractivity contribution >= 4 is 6.09 Å². The summed E-state index contributed by atoms with van der Waals surface area (Å²) in [5.74, 6) is 0.576. The quantitative estimate of drug-likeness (QED) is 0.652. The third kappa shape index (κ3) is 6.10. The van der Waals surface area contributed by atoms with E-state index >= 15 is 0 Å². The van der Waals surface area contributed by atoms with E-state index in [4.69, 9.17) is 14.2 Å². The number of carbonyl (C=O) groups is 1. The lowest BCUT2D eigenvalue weighted by Gasteiger charge is -2.46. The van der Waals surface area contributed by atoms with E-state index in [9.17, 15) is 10.1 Å². The number of ether oxygens (including phenoxy) is 3. The zero-order valence-corrected chi connectivity index (χ0v) is 19.3. The van der Waals surface area contributed by atoms with Crippen LogP contribution in [0.4, 0.5) is 4.79 Å². The molecule has 3 atom stereocenters. The Morgan fingerprint density at radius 3 is 2.53 bits per heavy atom. The number of amides is 1. The molecule has 1 fully saturated rings. The smallest absolute Gasteiger partial charge is 0.410 e. The van der Waals surface area contributed by atoms with Crippen molar-refractivity contribution in [3.63, 3.8) is 0 Å². The Labute approximate surface area is 180 Å². The minimum absolute atomic E-state index is 0.0364. The number of nitriles is 1. The number of carbonyl (C=O) groups excluding carboxylic acids is 1. The molecule has 1 aliphatic rings. The Balaban J connectivity index is 2.14. The van der Waals surface area contributed by atoms with Gasteiger partial charge in [-0.15, -0.1) is 0 Å². The van der Waals surface area contributed by atoms with Gasteiger partial charge in [-0.05, 0) is 59.2 Å². The number of methoxy groups -OCH3 is 1. The molecule has 0 spiro atoms. The zero-order chi connectivity index (χ0) is 22.5. The van der Waals surface area contributed by atoms with Crippen LogP contribution in [-0.2, 0) is 9.47 Å². The topological polar surface area (TPSA) is 75.0 Å². The van der Waals surface area contributed by atoms with E-state index in [-0.39, 0.29) is 24.2 Å². The van der Waals surface area contributed by atoms with E-state index in [1.54, 1.807) is 13.2 Å². The maximum absolute atomic E-state index is 12.6. The third-order valence-corrected chi connectivity index (χ3v) is 5.31. The van der Waals surface area contributed by atoms with Gasteiger partial charge in [0.05, 0.1) is 12.2 Å². The average molecular weight is 418 g/mol. The largest absolute Gasteiger partial charge is 0.490 e. The predicted octanol–water partition coefficient (Wildman–Crippen LogP) is 3.97. The molecule has 166 valence electrons. The molecule has 0 aromatic heterocycles. The molecule has 1 saturated heterocycles. The van der Waals surface area contributed by atoms with Crippen LogP contribution in [-0.4, -0.2) is 67.0 Å². The number of hydrogen-bond donors (Lipinski definition) is 0. The monoisotopic (exact) mass is 417 g/mol. The van der Waals surface area contributed by atoms with Crippen molar-refractivity contribution in [2.75, 3.05) is 33.4 Å². The number of hydrogen-bond acceptors (Lipinski definition) is 6. The Morgan fingerprint density at radius 2 is 1.93 bits per heavy atom. The van der Waals surface area contributed by atoms with Crippen molar-refractivity contribution in [3.05, 3.63) is 29.3 Å². The molecule has 7 heteroatoms. The van der Waals surface area contributed by atoms with Gasteiger partial charge in [0.1, 0.15) is 24.0 Å². The molecule has 0 N–H and O–H groups in total. The van der Waals surface area contributed by atoms with Crippen LogP contribution in [0.3, 0.4) is 0 Å². The van der Waals surface area contributed by atoms with Crippen molar-refractivity contribution in [3.8, 4) is 11.8 Å². The van der Waals surface area contributed by atoms with Crippen LogP contribution >= 0.6 is 0 Å². The van der Waals surface area contributed by atoms with Gasteiger partial charge in [-0.2, -0.15) is 5.26 Å². The van der Waals surface area contributed by atoms with E-state index in [1.807, 2.05) is 44.7 Å². The van der Waals surface area contributed by atoms with Crippen molar-refractivity contribution in [2.45, 2.75) is 65.3 Å². The molecule has 0 aliphatic carbocycles. The van der Waals surface area contributed by atoms with Crippen LogP contribution in [0.5, 0.6) is 5.75 Å². The molecule has 1 heterocycles.